The van der Waals surface area contributed by atoms with E-state index in [0.29, 0.717) is 0 Å². The zero-order valence-corrected chi connectivity index (χ0v) is 11.6. The fraction of sp³-hybridized carbons (Fsp3) is 0.571. The van der Waals surface area contributed by atoms with Crippen molar-refractivity contribution in [1.29, 1.82) is 0 Å². The van der Waals surface area contributed by atoms with Gasteiger partial charge >= 0.3 is 0 Å². The topological polar surface area (TPSA) is 38.5 Å². The van der Waals surface area contributed by atoms with Crippen LogP contribution in [0.5, 0.6) is 5.75 Å². The molecule has 1 aromatic rings. The second-order valence-corrected chi connectivity index (χ2v) is 4.83. The minimum absolute atomic E-state index is 0.0339. The van der Waals surface area contributed by atoms with E-state index in [0.717, 1.165) is 24.3 Å². The van der Waals surface area contributed by atoms with Gasteiger partial charge in [-0.15, -0.1) is 0 Å². The van der Waals surface area contributed by atoms with Crippen molar-refractivity contribution in [1.82, 2.24) is 4.90 Å². The summed E-state index contributed by atoms with van der Waals surface area (Å²) in [6.07, 6.45) is 0.936. The first-order valence-electron chi connectivity index (χ1n) is 6.01. The van der Waals surface area contributed by atoms with Gasteiger partial charge in [-0.05, 0) is 52.0 Å². The lowest BCUT2D eigenvalue weighted by Crippen LogP contribution is -2.20. The maximum Gasteiger partial charge on any atom is 0.126 e. The molecule has 0 saturated carbocycles. The Morgan fingerprint density at radius 1 is 1.29 bits per heavy atom. The largest absolute Gasteiger partial charge is 0.496 e. The molecule has 0 amide bonds. The van der Waals surface area contributed by atoms with Crippen molar-refractivity contribution >= 4 is 0 Å². The molecule has 1 unspecified atom stereocenters. The van der Waals surface area contributed by atoms with E-state index in [1.165, 1.54) is 11.1 Å². The van der Waals surface area contributed by atoms with Crippen LogP contribution in [-0.2, 0) is 0 Å². The Morgan fingerprint density at radius 2 is 1.94 bits per heavy atom. The Balaban J connectivity index is 2.93. The summed E-state index contributed by atoms with van der Waals surface area (Å²) in [7, 11) is 5.83. The van der Waals surface area contributed by atoms with Gasteiger partial charge in [0.1, 0.15) is 5.75 Å². The molecule has 0 spiro atoms. The van der Waals surface area contributed by atoms with Crippen molar-refractivity contribution in [2.45, 2.75) is 26.3 Å². The van der Waals surface area contributed by atoms with Crippen LogP contribution in [0.3, 0.4) is 0 Å². The molecule has 0 bridgehead atoms. The molecule has 0 heterocycles. The summed E-state index contributed by atoms with van der Waals surface area (Å²) in [4.78, 5) is 2.15. The number of hydrogen-bond donors (Lipinski definition) is 1. The molecule has 0 aliphatic heterocycles. The number of nitrogens with zero attached hydrogens (tertiary/aromatic N) is 1. The standard InChI is InChI=1S/C14H24N2O/c1-10-6-7-12(14(17-5)11(10)2)13(15)8-9-16(3)4/h6-7,13H,8-9,15H2,1-5H3. The molecular formula is C14H24N2O. The molecule has 0 aliphatic rings. The van der Waals surface area contributed by atoms with Gasteiger partial charge in [0.2, 0.25) is 0 Å². The molecule has 0 saturated heterocycles. The number of rotatable bonds is 5. The number of ether oxygens (including phenoxy) is 1. The van der Waals surface area contributed by atoms with E-state index in [1.54, 1.807) is 7.11 Å². The van der Waals surface area contributed by atoms with E-state index in [2.05, 4.69) is 45.0 Å². The normalized spacial score (nSPS) is 12.9. The smallest absolute Gasteiger partial charge is 0.126 e. The predicted molar refractivity (Wildman–Crippen MR) is 72.6 cm³/mol. The number of hydrogen-bond acceptors (Lipinski definition) is 3. The highest BCUT2D eigenvalue weighted by Gasteiger charge is 2.14. The second-order valence-electron chi connectivity index (χ2n) is 4.83. The molecule has 3 heteroatoms. The number of methoxy groups -OCH3 is 1. The number of benzene rings is 1. The predicted octanol–water partition coefficient (Wildman–Crippen LogP) is 2.26. The lowest BCUT2D eigenvalue weighted by molar-refractivity contribution is 0.371. The van der Waals surface area contributed by atoms with Crippen LogP contribution in [-0.4, -0.2) is 32.6 Å². The highest BCUT2D eigenvalue weighted by atomic mass is 16.5. The van der Waals surface area contributed by atoms with Crippen LogP contribution in [0.15, 0.2) is 12.1 Å². The third-order valence-corrected chi connectivity index (χ3v) is 3.20. The quantitative estimate of drug-likeness (QED) is 0.852. The van der Waals surface area contributed by atoms with Gasteiger partial charge in [-0.3, -0.25) is 0 Å². The molecule has 0 aliphatic carbocycles. The van der Waals surface area contributed by atoms with Crippen molar-refractivity contribution in [3.63, 3.8) is 0 Å². The van der Waals surface area contributed by atoms with Gasteiger partial charge in [0.25, 0.3) is 0 Å². The third kappa shape index (κ3) is 3.45. The van der Waals surface area contributed by atoms with E-state index in [9.17, 15) is 0 Å². The van der Waals surface area contributed by atoms with Crippen molar-refractivity contribution in [3.8, 4) is 5.75 Å². The average molecular weight is 236 g/mol. The maximum absolute atomic E-state index is 6.23. The third-order valence-electron chi connectivity index (χ3n) is 3.20. The summed E-state index contributed by atoms with van der Waals surface area (Å²) in [6.45, 7) is 5.15. The molecule has 1 rings (SSSR count). The van der Waals surface area contributed by atoms with Crippen LogP contribution in [0.25, 0.3) is 0 Å². The van der Waals surface area contributed by atoms with Gasteiger partial charge in [0.15, 0.2) is 0 Å². The van der Waals surface area contributed by atoms with Crippen LogP contribution in [0, 0.1) is 13.8 Å². The molecule has 1 atom stereocenters. The summed E-state index contributed by atoms with van der Waals surface area (Å²) >= 11 is 0. The lowest BCUT2D eigenvalue weighted by Gasteiger charge is -2.20. The van der Waals surface area contributed by atoms with Crippen LogP contribution in [0.4, 0.5) is 0 Å². The van der Waals surface area contributed by atoms with Gasteiger partial charge in [0, 0.05) is 11.6 Å². The maximum atomic E-state index is 6.23. The van der Waals surface area contributed by atoms with Gasteiger partial charge in [0.05, 0.1) is 7.11 Å². The second kappa shape index (κ2) is 6.03. The van der Waals surface area contributed by atoms with E-state index in [4.69, 9.17) is 10.5 Å². The van der Waals surface area contributed by atoms with Crippen molar-refractivity contribution in [2.75, 3.05) is 27.7 Å². The monoisotopic (exact) mass is 236 g/mol. The first kappa shape index (κ1) is 14.0. The van der Waals surface area contributed by atoms with Crippen LogP contribution >= 0.6 is 0 Å². The molecule has 0 fully saturated rings. The molecule has 2 N–H and O–H groups in total. The van der Waals surface area contributed by atoms with Crippen molar-refractivity contribution in [2.24, 2.45) is 5.73 Å². The Hall–Kier alpha value is -1.06. The average Bonchev–Trinajstić information content (AvgIpc) is 2.29. The molecule has 17 heavy (non-hydrogen) atoms. The Labute approximate surface area is 105 Å². The van der Waals surface area contributed by atoms with Gasteiger partial charge in [-0.2, -0.15) is 0 Å². The Bertz CT molecular complexity index is 375. The zero-order valence-electron chi connectivity index (χ0n) is 11.6. The summed E-state index contributed by atoms with van der Waals surface area (Å²) in [5, 5.41) is 0. The molecule has 0 radical (unpaired) electrons. The summed E-state index contributed by atoms with van der Waals surface area (Å²) in [5.74, 6) is 0.941. The SMILES string of the molecule is COc1c(C(N)CCN(C)C)ccc(C)c1C. The minimum Gasteiger partial charge on any atom is -0.496 e. The van der Waals surface area contributed by atoms with Crippen LogP contribution in [0.2, 0.25) is 0 Å². The molecular weight excluding hydrogens is 212 g/mol. The van der Waals surface area contributed by atoms with Crippen molar-refractivity contribution < 1.29 is 4.74 Å². The van der Waals surface area contributed by atoms with E-state index >= 15 is 0 Å². The van der Waals surface area contributed by atoms with E-state index in [1.807, 2.05) is 0 Å². The molecule has 96 valence electrons. The molecule has 1 aromatic carbocycles. The highest BCUT2D eigenvalue weighted by molar-refractivity contribution is 5.46. The summed E-state index contributed by atoms with van der Waals surface area (Å²) < 4.78 is 5.49. The van der Waals surface area contributed by atoms with Gasteiger partial charge in [-0.1, -0.05) is 12.1 Å². The Morgan fingerprint density at radius 3 is 2.47 bits per heavy atom. The fourth-order valence-electron chi connectivity index (χ4n) is 1.93. The minimum atomic E-state index is 0.0339. The zero-order chi connectivity index (χ0) is 13.0. The van der Waals surface area contributed by atoms with E-state index < -0.39 is 0 Å². The van der Waals surface area contributed by atoms with Crippen molar-refractivity contribution in [3.05, 3.63) is 28.8 Å². The Kier molecular flexibility index (Phi) is 4.97. The number of nitrogens with two attached hydrogens (primary N) is 1. The van der Waals surface area contributed by atoms with Gasteiger partial charge in [-0.25, -0.2) is 0 Å². The molecule has 0 aromatic heterocycles. The summed E-state index contributed by atoms with van der Waals surface area (Å²) in [6, 6.07) is 4.23. The highest BCUT2D eigenvalue weighted by Crippen LogP contribution is 2.31. The summed E-state index contributed by atoms with van der Waals surface area (Å²) in [5.41, 5.74) is 9.77. The van der Waals surface area contributed by atoms with E-state index in [-0.39, 0.29) is 6.04 Å². The molecule has 3 nitrogen and oxygen atoms in total. The van der Waals surface area contributed by atoms with Crippen LogP contribution in [0.1, 0.15) is 29.2 Å². The lowest BCUT2D eigenvalue weighted by atomic mass is 9.97. The first-order valence-corrected chi connectivity index (χ1v) is 6.01. The van der Waals surface area contributed by atoms with Crippen LogP contribution < -0.4 is 10.5 Å². The number of aryl methyl sites for hydroxylation is 1. The first-order chi connectivity index (χ1) is 7.97. The van der Waals surface area contributed by atoms with Gasteiger partial charge < -0.3 is 15.4 Å². The fourth-order valence-corrected chi connectivity index (χ4v) is 1.93.